The van der Waals surface area contributed by atoms with Crippen LogP contribution in [0.25, 0.3) is 5.65 Å². The monoisotopic (exact) mass is 299 g/mol. The molecule has 0 radical (unpaired) electrons. The number of methoxy groups -OCH3 is 1. The van der Waals surface area contributed by atoms with Gasteiger partial charge in [0.05, 0.1) is 12.7 Å². The van der Waals surface area contributed by atoms with Crippen molar-refractivity contribution in [2.75, 3.05) is 7.11 Å². The minimum Gasteiger partial charge on any atom is -0.504 e. The van der Waals surface area contributed by atoms with E-state index in [1.54, 1.807) is 36.5 Å². The number of fused-ring (bicyclic) bond motifs is 1. The van der Waals surface area contributed by atoms with Crippen LogP contribution in [-0.4, -0.2) is 32.8 Å². The van der Waals surface area contributed by atoms with Gasteiger partial charge in [0.25, 0.3) is 0 Å². The molecule has 2 aromatic heterocycles. The Morgan fingerprint density at radius 3 is 2.91 bits per heavy atom. The summed E-state index contributed by atoms with van der Waals surface area (Å²) in [6.07, 6.45) is 1.62. The molecule has 0 saturated carbocycles. The zero-order chi connectivity index (χ0) is 15.5. The van der Waals surface area contributed by atoms with Crippen molar-refractivity contribution in [2.24, 2.45) is 0 Å². The summed E-state index contributed by atoms with van der Waals surface area (Å²) in [6.45, 7) is 0.104. The first-order valence-corrected chi connectivity index (χ1v) is 6.52. The zero-order valence-corrected chi connectivity index (χ0v) is 11.8. The highest BCUT2D eigenvalue weighted by Gasteiger charge is 2.10. The minimum absolute atomic E-state index is 0.0549. The molecule has 0 spiro atoms. The van der Waals surface area contributed by atoms with E-state index in [0.29, 0.717) is 22.8 Å². The zero-order valence-electron chi connectivity index (χ0n) is 11.8. The number of para-hydroxylation sites is 2. The van der Waals surface area contributed by atoms with E-state index < -0.39 is 5.97 Å². The fourth-order valence-corrected chi connectivity index (χ4v) is 1.96. The van der Waals surface area contributed by atoms with E-state index in [-0.39, 0.29) is 12.4 Å². The molecule has 0 fully saturated rings. The predicted octanol–water partition coefficient (Wildman–Crippen LogP) is 1.80. The Hall–Kier alpha value is -3.09. The molecule has 0 unspecified atom stereocenters. The summed E-state index contributed by atoms with van der Waals surface area (Å²) >= 11 is 0. The van der Waals surface area contributed by atoms with Crippen molar-refractivity contribution in [3.05, 3.63) is 54.0 Å². The second-order valence-electron chi connectivity index (χ2n) is 4.49. The highest BCUT2D eigenvalue weighted by Crippen LogP contribution is 2.24. The fourth-order valence-electron chi connectivity index (χ4n) is 1.96. The van der Waals surface area contributed by atoms with Gasteiger partial charge in [0, 0.05) is 6.20 Å². The number of hydrogen-bond acceptors (Lipinski definition) is 6. The molecule has 2 heterocycles. The number of phenols is 1. The molecule has 112 valence electrons. The second kappa shape index (κ2) is 5.72. The first kappa shape index (κ1) is 13.9. The van der Waals surface area contributed by atoms with Crippen LogP contribution in [0.5, 0.6) is 11.5 Å². The lowest BCUT2D eigenvalue weighted by atomic mass is 10.3. The van der Waals surface area contributed by atoms with Gasteiger partial charge in [-0.15, -0.1) is 5.10 Å². The van der Waals surface area contributed by atoms with Gasteiger partial charge in [-0.25, -0.2) is 14.3 Å². The lowest BCUT2D eigenvalue weighted by Crippen LogP contribution is -2.02. The maximum atomic E-state index is 11.5. The Bertz CT molecular complexity index is 829. The molecule has 7 nitrogen and oxygen atoms in total. The average molecular weight is 299 g/mol. The molecule has 0 amide bonds. The summed E-state index contributed by atoms with van der Waals surface area (Å²) in [7, 11) is 1.32. The number of phenolic OH excluding ortho intramolecular Hbond substituents is 1. The molecule has 0 aliphatic rings. The van der Waals surface area contributed by atoms with Crippen molar-refractivity contribution in [1.29, 1.82) is 0 Å². The summed E-state index contributed by atoms with van der Waals surface area (Å²) < 4.78 is 11.7. The van der Waals surface area contributed by atoms with Gasteiger partial charge in [-0.05, 0) is 24.3 Å². The third kappa shape index (κ3) is 2.69. The summed E-state index contributed by atoms with van der Waals surface area (Å²) in [4.78, 5) is 15.8. The van der Waals surface area contributed by atoms with Crippen molar-refractivity contribution in [1.82, 2.24) is 14.6 Å². The first-order chi connectivity index (χ1) is 10.7. The highest BCUT2D eigenvalue weighted by molar-refractivity contribution is 5.90. The number of hydrogen-bond donors (Lipinski definition) is 1. The average Bonchev–Trinajstić information content (AvgIpc) is 2.95. The van der Waals surface area contributed by atoms with Crippen LogP contribution in [0.4, 0.5) is 0 Å². The summed E-state index contributed by atoms with van der Waals surface area (Å²) in [6, 6.07) is 9.84. The van der Waals surface area contributed by atoms with Crippen molar-refractivity contribution in [2.45, 2.75) is 6.61 Å². The van der Waals surface area contributed by atoms with Crippen LogP contribution in [0.3, 0.4) is 0 Å². The van der Waals surface area contributed by atoms with Gasteiger partial charge in [-0.2, -0.15) is 0 Å². The maximum Gasteiger partial charge on any atom is 0.338 e. The van der Waals surface area contributed by atoms with E-state index >= 15 is 0 Å². The van der Waals surface area contributed by atoms with Crippen LogP contribution in [0.1, 0.15) is 16.2 Å². The van der Waals surface area contributed by atoms with Gasteiger partial charge in [-0.3, -0.25) is 0 Å². The summed E-state index contributed by atoms with van der Waals surface area (Å²) in [5.41, 5.74) is 0.911. The normalized spacial score (nSPS) is 10.6. The molecule has 7 heteroatoms. The minimum atomic E-state index is -0.433. The van der Waals surface area contributed by atoms with E-state index in [2.05, 4.69) is 14.8 Å². The molecule has 3 rings (SSSR count). The highest BCUT2D eigenvalue weighted by atomic mass is 16.5. The number of rotatable bonds is 4. The third-order valence-corrected chi connectivity index (χ3v) is 3.02. The smallest absolute Gasteiger partial charge is 0.338 e. The SMILES string of the molecule is COC(=O)c1ccn2nc(COc3ccccc3O)nc2c1. The molecular formula is C15H13N3O4. The van der Waals surface area contributed by atoms with Gasteiger partial charge in [-0.1, -0.05) is 12.1 Å². The van der Waals surface area contributed by atoms with E-state index in [0.717, 1.165) is 0 Å². The molecular weight excluding hydrogens is 286 g/mol. The molecule has 3 aromatic rings. The quantitative estimate of drug-likeness (QED) is 0.739. The third-order valence-electron chi connectivity index (χ3n) is 3.02. The number of esters is 1. The Balaban J connectivity index is 1.80. The summed E-state index contributed by atoms with van der Waals surface area (Å²) in [5, 5.41) is 13.9. The lowest BCUT2D eigenvalue weighted by molar-refractivity contribution is 0.0600. The van der Waals surface area contributed by atoms with Crippen LogP contribution in [-0.2, 0) is 11.3 Å². The molecule has 0 aliphatic heterocycles. The number of carbonyl (C=O) groups is 1. The van der Waals surface area contributed by atoms with Gasteiger partial charge in [0.1, 0.15) is 6.61 Å². The van der Waals surface area contributed by atoms with E-state index in [1.165, 1.54) is 17.7 Å². The number of benzene rings is 1. The fraction of sp³-hybridized carbons (Fsp3) is 0.133. The number of pyridine rings is 1. The van der Waals surface area contributed by atoms with Crippen LogP contribution in [0.2, 0.25) is 0 Å². The number of nitrogens with zero attached hydrogens (tertiary/aromatic N) is 3. The van der Waals surface area contributed by atoms with Gasteiger partial charge < -0.3 is 14.6 Å². The van der Waals surface area contributed by atoms with E-state index in [9.17, 15) is 9.90 Å². The Kier molecular flexibility index (Phi) is 3.61. The van der Waals surface area contributed by atoms with Crippen molar-refractivity contribution < 1.29 is 19.4 Å². The van der Waals surface area contributed by atoms with Crippen LogP contribution < -0.4 is 4.74 Å². The predicted molar refractivity (Wildman–Crippen MR) is 76.8 cm³/mol. The largest absolute Gasteiger partial charge is 0.504 e. The topological polar surface area (TPSA) is 86.0 Å². The molecule has 0 saturated heterocycles. The molecule has 1 N–H and O–H groups in total. The number of ether oxygens (including phenoxy) is 2. The molecule has 22 heavy (non-hydrogen) atoms. The number of aromatic hydroxyl groups is 1. The van der Waals surface area contributed by atoms with Crippen molar-refractivity contribution in [3.63, 3.8) is 0 Å². The number of aromatic nitrogens is 3. The molecule has 1 aromatic carbocycles. The van der Waals surface area contributed by atoms with Crippen LogP contribution >= 0.6 is 0 Å². The second-order valence-corrected chi connectivity index (χ2v) is 4.49. The Morgan fingerprint density at radius 2 is 2.14 bits per heavy atom. The molecule has 0 bridgehead atoms. The van der Waals surface area contributed by atoms with Gasteiger partial charge in [0.2, 0.25) is 0 Å². The van der Waals surface area contributed by atoms with Crippen LogP contribution in [0.15, 0.2) is 42.6 Å². The molecule has 0 aliphatic carbocycles. The Labute approximate surface area is 125 Å². The van der Waals surface area contributed by atoms with Gasteiger partial charge >= 0.3 is 5.97 Å². The van der Waals surface area contributed by atoms with Crippen LogP contribution in [0, 0.1) is 0 Å². The standard InChI is InChI=1S/C15H13N3O4/c1-21-15(20)10-6-7-18-14(8-10)16-13(17-18)9-22-12-5-3-2-4-11(12)19/h2-8,19H,9H2,1H3. The van der Waals surface area contributed by atoms with E-state index in [4.69, 9.17) is 4.74 Å². The van der Waals surface area contributed by atoms with Crippen molar-refractivity contribution >= 4 is 11.6 Å². The van der Waals surface area contributed by atoms with Crippen molar-refractivity contribution in [3.8, 4) is 11.5 Å². The first-order valence-electron chi connectivity index (χ1n) is 6.52. The maximum absolute atomic E-state index is 11.5. The lowest BCUT2D eigenvalue weighted by Gasteiger charge is -2.04. The van der Waals surface area contributed by atoms with Gasteiger partial charge in [0.15, 0.2) is 23.0 Å². The Morgan fingerprint density at radius 1 is 1.32 bits per heavy atom. The molecule has 0 atom stereocenters. The van der Waals surface area contributed by atoms with E-state index in [1.807, 2.05) is 0 Å². The summed E-state index contributed by atoms with van der Waals surface area (Å²) in [5.74, 6) is 0.415. The number of carbonyl (C=O) groups excluding carboxylic acids is 1.